The van der Waals surface area contributed by atoms with Gasteiger partial charge in [-0.1, -0.05) is 0 Å². The van der Waals surface area contributed by atoms with E-state index in [2.05, 4.69) is 6.92 Å². The molecule has 0 aliphatic rings. The van der Waals surface area contributed by atoms with Gasteiger partial charge < -0.3 is 0 Å². The van der Waals surface area contributed by atoms with Crippen molar-refractivity contribution >= 4 is 0 Å². The number of rotatable bonds is 5. The molecule has 0 aliphatic heterocycles. The molecule has 0 aromatic heterocycles. The van der Waals surface area contributed by atoms with Crippen LogP contribution in [0.2, 0.25) is 4.13 Å². The molecule has 47 valence electrons. The van der Waals surface area contributed by atoms with Gasteiger partial charge in [-0.25, -0.2) is 0 Å². The van der Waals surface area contributed by atoms with Crippen molar-refractivity contribution in [1.29, 1.82) is 0 Å². The van der Waals surface area contributed by atoms with Crippen molar-refractivity contribution in [2.45, 2.75) is 43.2 Å². The zero-order chi connectivity index (χ0) is 6.24. The standard InChI is InChI=1S/C7H15.Zr/c1-3-5-7-6-4-2;/h1,3-7H2,2H3;. The van der Waals surface area contributed by atoms with Crippen molar-refractivity contribution in [3.63, 3.8) is 0 Å². The van der Waals surface area contributed by atoms with E-state index in [0.29, 0.717) is 0 Å². The quantitative estimate of drug-likeness (QED) is 0.585. The van der Waals surface area contributed by atoms with E-state index >= 15 is 0 Å². The maximum atomic E-state index is 2.26. The predicted octanol–water partition coefficient (Wildman–Crippen LogP) is 2.92. The molecule has 0 rings (SSSR count). The normalized spacial score (nSPS) is 9.50. The van der Waals surface area contributed by atoms with E-state index in [4.69, 9.17) is 0 Å². The number of hydrogen-bond donors (Lipinski definition) is 0. The third-order valence-corrected chi connectivity index (χ3v) is 2.15. The van der Waals surface area contributed by atoms with E-state index in [0.717, 1.165) is 0 Å². The first kappa shape index (κ1) is 8.88. The molecule has 1 heteroatoms. The maximum absolute atomic E-state index is 2.26. The molecule has 0 heterocycles. The Morgan fingerprint density at radius 1 is 1.00 bits per heavy atom. The van der Waals surface area contributed by atoms with Crippen molar-refractivity contribution in [3.8, 4) is 0 Å². The fourth-order valence-corrected chi connectivity index (χ4v) is 1.34. The summed E-state index contributed by atoms with van der Waals surface area (Å²) in [6.07, 6.45) is 7.22. The van der Waals surface area contributed by atoms with Gasteiger partial charge in [0.25, 0.3) is 0 Å². The Balaban J connectivity index is 2.53. The minimum atomic E-state index is 1.37. The van der Waals surface area contributed by atoms with E-state index in [1.54, 1.807) is 24.7 Å². The van der Waals surface area contributed by atoms with Gasteiger partial charge in [-0.15, -0.1) is 0 Å². The monoisotopic (exact) mass is 189 g/mol. The predicted molar refractivity (Wildman–Crippen MR) is 33.6 cm³/mol. The Kier molecular flexibility index (Phi) is 8.75. The number of hydrogen-bond acceptors (Lipinski definition) is 0. The number of unbranched alkanes of at least 4 members (excludes halogenated alkanes) is 4. The molecule has 0 bridgehead atoms. The van der Waals surface area contributed by atoms with E-state index < -0.39 is 0 Å². The van der Waals surface area contributed by atoms with Crippen molar-refractivity contribution in [3.05, 3.63) is 0 Å². The summed E-state index contributed by atoms with van der Waals surface area (Å²) in [5.74, 6) is 0. The van der Waals surface area contributed by atoms with Crippen LogP contribution in [0.5, 0.6) is 0 Å². The summed E-state index contributed by atoms with van der Waals surface area (Å²) in [5.41, 5.74) is 0. The first-order valence-corrected chi connectivity index (χ1v) is 5.30. The van der Waals surface area contributed by atoms with Crippen LogP contribution >= 0.6 is 0 Å². The second-order valence-corrected chi connectivity index (χ2v) is 3.39. The van der Waals surface area contributed by atoms with Gasteiger partial charge in [0.15, 0.2) is 0 Å². The molecule has 0 aromatic rings. The van der Waals surface area contributed by atoms with Crippen LogP contribution in [-0.2, 0) is 24.7 Å². The van der Waals surface area contributed by atoms with Crippen LogP contribution < -0.4 is 0 Å². The molecular weight excluding hydrogens is 175 g/mol. The zero-order valence-electron chi connectivity index (χ0n) is 5.74. The molecule has 0 spiro atoms. The van der Waals surface area contributed by atoms with Crippen LogP contribution in [0.1, 0.15) is 39.0 Å². The molecule has 0 atom stereocenters. The van der Waals surface area contributed by atoms with Gasteiger partial charge in [-0.05, 0) is 0 Å². The van der Waals surface area contributed by atoms with E-state index in [1.165, 1.54) is 36.2 Å². The first-order valence-electron chi connectivity index (χ1n) is 3.56. The van der Waals surface area contributed by atoms with Gasteiger partial charge >= 0.3 is 67.9 Å². The zero-order valence-corrected chi connectivity index (χ0v) is 8.20. The molecule has 0 unspecified atom stereocenters. The summed E-state index contributed by atoms with van der Waals surface area (Å²) < 4.78 is 1.45. The Hall–Kier alpha value is 0.883. The second kappa shape index (κ2) is 7.88. The van der Waals surface area contributed by atoms with Gasteiger partial charge in [0.1, 0.15) is 0 Å². The third-order valence-electron chi connectivity index (χ3n) is 1.28. The van der Waals surface area contributed by atoms with Gasteiger partial charge in [0.05, 0.1) is 0 Å². The van der Waals surface area contributed by atoms with Crippen LogP contribution in [0.25, 0.3) is 0 Å². The third kappa shape index (κ3) is 6.88. The summed E-state index contributed by atoms with van der Waals surface area (Å²) in [6.45, 7) is 2.26. The Morgan fingerprint density at radius 3 is 2.12 bits per heavy atom. The summed E-state index contributed by atoms with van der Waals surface area (Å²) in [5, 5.41) is 0. The molecule has 0 saturated heterocycles. The van der Waals surface area contributed by atoms with E-state index in [-0.39, 0.29) is 0 Å². The van der Waals surface area contributed by atoms with Gasteiger partial charge in [-0.3, -0.25) is 0 Å². The fraction of sp³-hybridized carbons (Fsp3) is 1.00. The van der Waals surface area contributed by atoms with Gasteiger partial charge in [-0.2, -0.15) is 0 Å². The van der Waals surface area contributed by atoms with Gasteiger partial charge in [0, 0.05) is 0 Å². The molecule has 0 saturated carbocycles. The summed E-state index contributed by atoms with van der Waals surface area (Å²) >= 11 is 1.71. The second-order valence-electron chi connectivity index (χ2n) is 2.16. The van der Waals surface area contributed by atoms with Crippen LogP contribution in [0, 0.1) is 0 Å². The van der Waals surface area contributed by atoms with E-state index in [1.807, 2.05) is 0 Å². The average Bonchev–Trinajstić information content (AvgIpc) is 1.81. The SMILES string of the molecule is CCCCCC[CH2][Zr]. The molecule has 0 aromatic carbocycles. The van der Waals surface area contributed by atoms with E-state index in [9.17, 15) is 0 Å². The summed E-state index contributed by atoms with van der Waals surface area (Å²) in [7, 11) is 0. The molecule has 0 radical (unpaired) electrons. The molecule has 0 aliphatic carbocycles. The molecular formula is C7H15Zr. The average molecular weight is 190 g/mol. The molecule has 0 amide bonds. The molecule has 8 heavy (non-hydrogen) atoms. The fourth-order valence-electron chi connectivity index (χ4n) is 0.729. The molecule has 0 fully saturated rings. The van der Waals surface area contributed by atoms with Crippen molar-refractivity contribution in [2.24, 2.45) is 0 Å². The first-order chi connectivity index (χ1) is 3.91. The van der Waals surface area contributed by atoms with Crippen molar-refractivity contribution in [2.75, 3.05) is 0 Å². The summed E-state index contributed by atoms with van der Waals surface area (Å²) in [6, 6.07) is 0. The Labute approximate surface area is 67.9 Å². The van der Waals surface area contributed by atoms with Crippen LogP contribution in [-0.4, -0.2) is 0 Å². The van der Waals surface area contributed by atoms with Crippen molar-refractivity contribution in [1.82, 2.24) is 0 Å². The minimum absolute atomic E-state index is 1.37. The Morgan fingerprint density at radius 2 is 1.62 bits per heavy atom. The topological polar surface area (TPSA) is 0 Å². The van der Waals surface area contributed by atoms with Crippen LogP contribution in [0.15, 0.2) is 0 Å². The summed E-state index contributed by atoms with van der Waals surface area (Å²) in [4.78, 5) is 0. The molecule has 0 nitrogen and oxygen atoms in total. The van der Waals surface area contributed by atoms with Crippen LogP contribution in [0.4, 0.5) is 0 Å². The van der Waals surface area contributed by atoms with Crippen LogP contribution in [0.3, 0.4) is 0 Å². The van der Waals surface area contributed by atoms with Crippen molar-refractivity contribution < 1.29 is 24.7 Å². The molecule has 0 N–H and O–H groups in total. The Bertz CT molecular complexity index is 29.4. The van der Waals surface area contributed by atoms with Gasteiger partial charge in [0.2, 0.25) is 0 Å².